The molecular weight excluding hydrogens is 288 g/mol. The number of hydrogen-bond acceptors (Lipinski definition) is 2. The standard InChI is InChI=1S/C15H23BrN2/c1-11(17)14-8-7-13(9-15(14)16)18(2)10-12-5-3-4-6-12/h7-9,11-12H,3-6,10,17H2,1-2H3/t11-/m1/s1. The highest BCUT2D eigenvalue weighted by Crippen LogP contribution is 2.30. The van der Waals surface area contributed by atoms with Crippen molar-refractivity contribution in [3.63, 3.8) is 0 Å². The van der Waals surface area contributed by atoms with Crippen LogP contribution in [0.25, 0.3) is 0 Å². The summed E-state index contributed by atoms with van der Waals surface area (Å²) in [5.41, 5.74) is 8.38. The van der Waals surface area contributed by atoms with Crippen molar-refractivity contribution in [3.8, 4) is 0 Å². The lowest BCUT2D eigenvalue weighted by molar-refractivity contribution is 0.547. The summed E-state index contributed by atoms with van der Waals surface area (Å²) in [6.07, 6.45) is 5.60. The van der Waals surface area contributed by atoms with Gasteiger partial charge < -0.3 is 10.6 Å². The molecule has 1 atom stereocenters. The van der Waals surface area contributed by atoms with Gasteiger partial charge in [-0.25, -0.2) is 0 Å². The van der Waals surface area contributed by atoms with E-state index in [0.29, 0.717) is 0 Å². The van der Waals surface area contributed by atoms with E-state index in [-0.39, 0.29) is 6.04 Å². The van der Waals surface area contributed by atoms with Crippen LogP contribution in [0.1, 0.15) is 44.2 Å². The van der Waals surface area contributed by atoms with E-state index in [1.165, 1.54) is 43.5 Å². The van der Waals surface area contributed by atoms with Gasteiger partial charge in [-0.2, -0.15) is 0 Å². The van der Waals surface area contributed by atoms with Crippen LogP contribution in [-0.2, 0) is 0 Å². The van der Waals surface area contributed by atoms with Crippen molar-refractivity contribution in [3.05, 3.63) is 28.2 Å². The van der Waals surface area contributed by atoms with Crippen LogP contribution in [0.4, 0.5) is 5.69 Å². The Hall–Kier alpha value is -0.540. The van der Waals surface area contributed by atoms with E-state index in [1.54, 1.807) is 0 Å². The van der Waals surface area contributed by atoms with E-state index in [1.807, 2.05) is 6.92 Å². The van der Waals surface area contributed by atoms with Gasteiger partial charge in [0.2, 0.25) is 0 Å². The normalized spacial score (nSPS) is 18.0. The molecule has 100 valence electrons. The summed E-state index contributed by atoms with van der Waals surface area (Å²) in [7, 11) is 2.19. The second-order valence-corrected chi connectivity index (χ2v) is 6.38. The fourth-order valence-corrected chi connectivity index (χ4v) is 3.54. The molecular formula is C15H23BrN2. The number of nitrogens with zero attached hydrogens (tertiary/aromatic N) is 1. The van der Waals surface area contributed by atoms with Crippen LogP contribution >= 0.6 is 15.9 Å². The minimum Gasteiger partial charge on any atom is -0.374 e. The molecule has 18 heavy (non-hydrogen) atoms. The van der Waals surface area contributed by atoms with E-state index in [2.05, 4.69) is 46.1 Å². The zero-order valence-electron chi connectivity index (χ0n) is 11.3. The molecule has 2 nitrogen and oxygen atoms in total. The van der Waals surface area contributed by atoms with Crippen LogP contribution in [0.5, 0.6) is 0 Å². The zero-order chi connectivity index (χ0) is 13.1. The van der Waals surface area contributed by atoms with Crippen LogP contribution in [0.15, 0.2) is 22.7 Å². The predicted molar refractivity (Wildman–Crippen MR) is 82.0 cm³/mol. The van der Waals surface area contributed by atoms with Gasteiger partial charge in [0.25, 0.3) is 0 Å². The van der Waals surface area contributed by atoms with Gasteiger partial charge >= 0.3 is 0 Å². The lowest BCUT2D eigenvalue weighted by Crippen LogP contribution is -2.24. The Labute approximate surface area is 119 Å². The number of benzene rings is 1. The molecule has 1 fully saturated rings. The molecule has 1 aromatic rings. The van der Waals surface area contributed by atoms with E-state index < -0.39 is 0 Å². The molecule has 1 aromatic carbocycles. The largest absolute Gasteiger partial charge is 0.374 e. The summed E-state index contributed by atoms with van der Waals surface area (Å²) < 4.78 is 1.12. The van der Waals surface area contributed by atoms with Crippen LogP contribution in [0.2, 0.25) is 0 Å². The second-order valence-electron chi connectivity index (χ2n) is 5.53. The summed E-state index contributed by atoms with van der Waals surface area (Å²) in [6.45, 7) is 3.19. The van der Waals surface area contributed by atoms with Crippen molar-refractivity contribution in [1.82, 2.24) is 0 Å². The highest BCUT2D eigenvalue weighted by Gasteiger charge is 2.17. The van der Waals surface area contributed by atoms with Crippen molar-refractivity contribution < 1.29 is 0 Å². The molecule has 1 aliphatic rings. The van der Waals surface area contributed by atoms with Gasteiger partial charge in [0.05, 0.1) is 0 Å². The topological polar surface area (TPSA) is 29.3 Å². The first-order chi connectivity index (χ1) is 8.58. The van der Waals surface area contributed by atoms with Crippen molar-refractivity contribution in [2.45, 2.75) is 38.6 Å². The van der Waals surface area contributed by atoms with Crippen molar-refractivity contribution in [1.29, 1.82) is 0 Å². The number of nitrogens with two attached hydrogens (primary N) is 1. The molecule has 0 unspecified atom stereocenters. The first-order valence-corrected chi connectivity index (χ1v) is 7.63. The average Bonchev–Trinajstić information content (AvgIpc) is 2.81. The summed E-state index contributed by atoms with van der Waals surface area (Å²) >= 11 is 3.62. The van der Waals surface area contributed by atoms with Crippen LogP contribution in [0.3, 0.4) is 0 Å². The Morgan fingerprint density at radius 2 is 2.06 bits per heavy atom. The van der Waals surface area contributed by atoms with Crippen molar-refractivity contribution >= 4 is 21.6 Å². The SMILES string of the molecule is C[C@@H](N)c1ccc(N(C)CC2CCCC2)cc1Br. The first kappa shape index (κ1) is 13.9. The minimum atomic E-state index is 0.0774. The summed E-state index contributed by atoms with van der Waals surface area (Å²) in [5, 5.41) is 0. The molecule has 0 heterocycles. The Morgan fingerprint density at radius 1 is 1.39 bits per heavy atom. The maximum absolute atomic E-state index is 5.93. The van der Waals surface area contributed by atoms with E-state index in [4.69, 9.17) is 5.73 Å². The molecule has 2 N–H and O–H groups in total. The van der Waals surface area contributed by atoms with Gasteiger partial charge in [-0.1, -0.05) is 34.8 Å². The van der Waals surface area contributed by atoms with Gasteiger partial charge in [-0.15, -0.1) is 0 Å². The average molecular weight is 311 g/mol. The highest BCUT2D eigenvalue weighted by molar-refractivity contribution is 9.10. The lowest BCUT2D eigenvalue weighted by Gasteiger charge is -2.24. The smallest absolute Gasteiger partial charge is 0.0375 e. The Balaban J connectivity index is 2.05. The molecule has 1 aliphatic carbocycles. The van der Waals surface area contributed by atoms with Gasteiger partial charge in [0.15, 0.2) is 0 Å². The van der Waals surface area contributed by atoms with E-state index >= 15 is 0 Å². The molecule has 0 aromatic heterocycles. The second kappa shape index (κ2) is 6.07. The molecule has 0 radical (unpaired) electrons. The lowest BCUT2D eigenvalue weighted by atomic mass is 10.1. The van der Waals surface area contributed by atoms with Crippen LogP contribution in [0, 0.1) is 5.92 Å². The fraction of sp³-hybridized carbons (Fsp3) is 0.600. The predicted octanol–water partition coefficient (Wildman–Crippen LogP) is 4.10. The summed E-state index contributed by atoms with van der Waals surface area (Å²) in [6, 6.07) is 6.58. The molecule has 0 aliphatic heterocycles. The van der Waals surface area contributed by atoms with Gasteiger partial charge in [-0.3, -0.25) is 0 Å². The Morgan fingerprint density at radius 3 is 2.61 bits per heavy atom. The third-order valence-electron chi connectivity index (χ3n) is 3.92. The van der Waals surface area contributed by atoms with E-state index in [9.17, 15) is 0 Å². The number of anilines is 1. The van der Waals surface area contributed by atoms with E-state index in [0.717, 1.165) is 10.4 Å². The highest BCUT2D eigenvalue weighted by atomic mass is 79.9. The number of rotatable bonds is 4. The van der Waals surface area contributed by atoms with Crippen LogP contribution < -0.4 is 10.6 Å². The van der Waals surface area contributed by atoms with Crippen LogP contribution in [-0.4, -0.2) is 13.6 Å². The maximum Gasteiger partial charge on any atom is 0.0375 e. The molecule has 1 saturated carbocycles. The summed E-state index contributed by atoms with van der Waals surface area (Å²) in [4.78, 5) is 2.37. The number of halogens is 1. The Bertz CT molecular complexity index is 397. The maximum atomic E-state index is 5.93. The van der Waals surface area contributed by atoms with Crippen molar-refractivity contribution in [2.24, 2.45) is 11.7 Å². The first-order valence-electron chi connectivity index (χ1n) is 6.84. The fourth-order valence-electron chi connectivity index (χ4n) is 2.81. The molecule has 0 amide bonds. The Kier molecular flexibility index (Phi) is 4.68. The zero-order valence-corrected chi connectivity index (χ0v) is 12.9. The quantitative estimate of drug-likeness (QED) is 0.907. The summed E-state index contributed by atoms with van der Waals surface area (Å²) in [5.74, 6) is 0.877. The minimum absolute atomic E-state index is 0.0774. The monoisotopic (exact) mass is 310 g/mol. The van der Waals surface area contributed by atoms with Gasteiger partial charge in [-0.05, 0) is 43.4 Å². The molecule has 0 spiro atoms. The van der Waals surface area contributed by atoms with Gasteiger partial charge in [0.1, 0.15) is 0 Å². The number of hydrogen-bond donors (Lipinski definition) is 1. The van der Waals surface area contributed by atoms with Gasteiger partial charge in [0, 0.05) is 29.8 Å². The molecule has 0 bridgehead atoms. The molecule has 2 rings (SSSR count). The third-order valence-corrected chi connectivity index (χ3v) is 4.61. The third kappa shape index (κ3) is 3.27. The molecule has 3 heteroatoms. The molecule has 0 saturated heterocycles. The van der Waals surface area contributed by atoms with Crippen molar-refractivity contribution in [2.75, 3.05) is 18.5 Å².